The first-order valence-electron chi connectivity index (χ1n) is 8.01. The SMILES string of the molecule is [c]1c(C2c3ccccc3-c3ccccc32)ccc2ccccc12. The highest BCUT2D eigenvalue weighted by molar-refractivity contribution is 5.85. The number of fused-ring (bicyclic) bond motifs is 4. The van der Waals surface area contributed by atoms with Crippen LogP contribution in [-0.4, -0.2) is 0 Å². The van der Waals surface area contributed by atoms with Crippen LogP contribution in [0, 0.1) is 6.07 Å². The predicted octanol–water partition coefficient (Wildman–Crippen LogP) is 5.80. The van der Waals surface area contributed by atoms with Crippen LogP contribution in [0.25, 0.3) is 21.9 Å². The van der Waals surface area contributed by atoms with Crippen LogP contribution in [-0.2, 0) is 0 Å². The van der Waals surface area contributed by atoms with E-state index < -0.39 is 0 Å². The highest BCUT2D eigenvalue weighted by Gasteiger charge is 2.29. The molecule has 0 nitrogen and oxygen atoms in total. The first-order chi connectivity index (χ1) is 11.4. The maximum absolute atomic E-state index is 3.65. The van der Waals surface area contributed by atoms with Gasteiger partial charge in [0.2, 0.25) is 0 Å². The molecule has 4 aromatic carbocycles. The fourth-order valence-electron chi connectivity index (χ4n) is 3.79. The van der Waals surface area contributed by atoms with E-state index in [0.717, 1.165) is 0 Å². The van der Waals surface area contributed by atoms with Crippen LogP contribution in [0.15, 0.2) is 84.9 Å². The molecule has 1 aliphatic rings. The van der Waals surface area contributed by atoms with Crippen molar-refractivity contribution in [3.63, 3.8) is 0 Å². The molecule has 0 N–H and O–H groups in total. The molecule has 5 rings (SSSR count). The molecule has 107 valence electrons. The van der Waals surface area contributed by atoms with Gasteiger partial charge < -0.3 is 0 Å². The van der Waals surface area contributed by atoms with Gasteiger partial charge in [-0.15, -0.1) is 0 Å². The van der Waals surface area contributed by atoms with Gasteiger partial charge in [0, 0.05) is 5.92 Å². The largest absolute Gasteiger partial charge is 0.0619 e. The van der Waals surface area contributed by atoms with Crippen molar-refractivity contribution in [2.45, 2.75) is 5.92 Å². The topological polar surface area (TPSA) is 0 Å². The Labute approximate surface area is 136 Å². The van der Waals surface area contributed by atoms with E-state index in [1.165, 1.54) is 38.6 Å². The Kier molecular flexibility index (Phi) is 2.65. The van der Waals surface area contributed by atoms with E-state index in [4.69, 9.17) is 0 Å². The zero-order valence-corrected chi connectivity index (χ0v) is 12.7. The lowest BCUT2D eigenvalue weighted by atomic mass is 9.88. The molecule has 0 unspecified atom stereocenters. The highest BCUT2D eigenvalue weighted by Crippen LogP contribution is 2.47. The van der Waals surface area contributed by atoms with Crippen LogP contribution >= 0.6 is 0 Å². The van der Waals surface area contributed by atoms with Crippen LogP contribution in [0.1, 0.15) is 22.6 Å². The third-order valence-electron chi connectivity index (χ3n) is 4.83. The van der Waals surface area contributed by atoms with Crippen molar-refractivity contribution < 1.29 is 0 Å². The van der Waals surface area contributed by atoms with Crippen molar-refractivity contribution in [3.05, 3.63) is 108 Å². The molecule has 0 aliphatic heterocycles. The Morgan fingerprint density at radius 1 is 0.565 bits per heavy atom. The second kappa shape index (κ2) is 4.82. The summed E-state index contributed by atoms with van der Waals surface area (Å²) < 4.78 is 0. The van der Waals surface area contributed by atoms with Crippen molar-refractivity contribution in [3.8, 4) is 11.1 Å². The predicted molar refractivity (Wildman–Crippen MR) is 95.6 cm³/mol. The van der Waals surface area contributed by atoms with Crippen molar-refractivity contribution in [2.75, 3.05) is 0 Å². The number of hydrogen-bond acceptors (Lipinski definition) is 0. The first kappa shape index (κ1) is 12.7. The van der Waals surface area contributed by atoms with E-state index in [1.807, 2.05) is 0 Å². The quantitative estimate of drug-likeness (QED) is 0.366. The van der Waals surface area contributed by atoms with Gasteiger partial charge in [-0.25, -0.2) is 0 Å². The second-order valence-electron chi connectivity index (χ2n) is 6.11. The fourth-order valence-corrected chi connectivity index (χ4v) is 3.79. The molecule has 0 heterocycles. The van der Waals surface area contributed by atoms with Gasteiger partial charge in [0.15, 0.2) is 0 Å². The Hall–Kier alpha value is -2.86. The molecule has 0 atom stereocenters. The maximum Gasteiger partial charge on any atom is 0.0358 e. The molecule has 0 aromatic heterocycles. The van der Waals surface area contributed by atoms with E-state index in [2.05, 4.69) is 91.0 Å². The minimum atomic E-state index is 0.284. The zero-order chi connectivity index (χ0) is 15.2. The normalized spacial score (nSPS) is 13.0. The molecule has 23 heavy (non-hydrogen) atoms. The summed E-state index contributed by atoms with van der Waals surface area (Å²) >= 11 is 0. The Morgan fingerprint density at radius 2 is 1.17 bits per heavy atom. The van der Waals surface area contributed by atoms with Gasteiger partial charge in [-0.05, 0) is 44.7 Å². The number of hydrogen-bond donors (Lipinski definition) is 0. The molecule has 0 saturated heterocycles. The maximum atomic E-state index is 3.65. The van der Waals surface area contributed by atoms with Crippen molar-refractivity contribution in [1.29, 1.82) is 0 Å². The average molecular weight is 291 g/mol. The first-order valence-corrected chi connectivity index (χ1v) is 8.01. The van der Waals surface area contributed by atoms with Gasteiger partial charge in [-0.3, -0.25) is 0 Å². The molecule has 4 aromatic rings. The van der Waals surface area contributed by atoms with E-state index >= 15 is 0 Å². The lowest BCUT2D eigenvalue weighted by molar-refractivity contribution is 1.02. The molecule has 1 aliphatic carbocycles. The molecule has 0 fully saturated rings. The van der Waals surface area contributed by atoms with Crippen molar-refractivity contribution in [2.24, 2.45) is 0 Å². The summed E-state index contributed by atoms with van der Waals surface area (Å²) in [6.07, 6.45) is 0. The molecule has 0 amide bonds. The molecule has 0 bridgehead atoms. The summed E-state index contributed by atoms with van der Waals surface area (Å²) in [5, 5.41) is 2.43. The molecular weight excluding hydrogens is 276 g/mol. The molecule has 0 spiro atoms. The van der Waals surface area contributed by atoms with Crippen LogP contribution < -0.4 is 0 Å². The van der Waals surface area contributed by atoms with Gasteiger partial charge >= 0.3 is 0 Å². The van der Waals surface area contributed by atoms with E-state index in [1.54, 1.807) is 0 Å². The molecule has 0 saturated carbocycles. The van der Waals surface area contributed by atoms with E-state index in [9.17, 15) is 0 Å². The molecule has 1 radical (unpaired) electrons. The molecular formula is C23H15. The van der Waals surface area contributed by atoms with Gasteiger partial charge in [0.25, 0.3) is 0 Å². The van der Waals surface area contributed by atoms with Crippen LogP contribution in [0.2, 0.25) is 0 Å². The Bertz CT molecular complexity index is 981. The van der Waals surface area contributed by atoms with E-state index in [0.29, 0.717) is 0 Å². The van der Waals surface area contributed by atoms with Crippen LogP contribution in [0.5, 0.6) is 0 Å². The summed E-state index contributed by atoms with van der Waals surface area (Å²) in [5.41, 5.74) is 6.74. The minimum Gasteiger partial charge on any atom is -0.0619 e. The van der Waals surface area contributed by atoms with Crippen molar-refractivity contribution in [1.82, 2.24) is 0 Å². The van der Waals surface area contributed by atoms with Gasteiger partial charge in [-0.1, -0.05) is 84.9 Å². The smallest absolute Gasteiger partial charge is 0.0358 e. The third-order valence-corrected chi connectivity index (χ3v) is 4.83. The minimum absolute atomic E-state index is 0.284. The Morgan fingerprint density at radius 3 is 1.91 bits per heavy atom. The number of rotatable bonds is 1. The van der Waals surface area contributed by atoms with Gasteiger partial charge in [0.1, 0.15) is 0 Å². The highest BCUT2D eigenvalue weighted by atomic mass is 14.3. The van der Waals surface area contributed by atoms with Crippen molar-refractivity contribution >= 4 is 10.8 Å². The molecule has 0 heteroatoms. The summed E-state index contributed by atoms with van der Waals surface area (Å²) in [6.45, 7) is 0. The monoisotopic (exact) mass is 291 g/mol. The zero-order valence-electron chi connectivity index (χ0n) is 12.7. The number of benzene rings is 4. The summed E-state index contributed by atoms with van der Waals surface area (Å²) in [6, 6.07) is 34.0. The standard InChI is InChI=1S/C23H15/c1-2-8-17-15-18(14-13-16(17)7-1)23-21-11-5-3-9-19(21)20-10-4-6-12-22(20)23/h1-14,23H. The summed E-state index contributed by atoms with van der Waals surface area (Å²) in [4.78, 5) is 0. The lowest BCUT2D eigenvalue weighted by Gasteiger charge is -2.14. The fraction of sp³-hybridized carbons (Fsp3) is 0.0435. The lowest BCUT2D eigenvalue weighted by Crippen LogP contribution is -1.99. The summed E-state index contributed by atoms with van der Waals surface area (Å²) in [5.74, 6) is 0.284. The van der Waals surface area contributed by atoms with Gasteiger partial charge in [-0.2, -0.15) is 0 Å². The van der Waals surface area contributed by atoms with Gasteiger partial charge in [0.05, 0.1) is 0 Å². The Balaban J connectivity index is 1.78. The summed E-state index contributed by atoms with van der Waals surface area (Å²) in [7, 11) is 0. The van der Waals surface area contributed by atoms with E-state index in [-0.39, 0.29) is 5.92 Å². The van der Waals surface area contributed by atoms with Crippen LogP contribution in [0.3, 0.4) is 0 Å². The average Bonchev–Trinajstić information content (AvgIpc) is 2.96. The van der Waals surface area contributed by atoms with Crippen LogP contribution in [0.4, 0.5) is 0 Å². The third kappa shape index (κ3) is 1.85. The second-order valence-corrected chi connectivity index (χ2v) is 6.11.